The second kappa shape index (κ2) is 5.34. The standard InChI is InChI=1S/C14H20FNO2/c1-10(12-4-3-5-13(15)8-12)16-9-14(17)6-7-18-11(14)2/h3-5,8,10-11,16-17H,6-7,9H2,1-2H3. The van der Waals surface area contributed by atoms with Crippen molar-refractivity contribution < 1.29 is 14.2 Å². The Bertz CT molecular complexity index is 413. The SMILES string of the molecule is CC(NCC1(O)CCOC1C)c1cccc(F)c1. The van der Waals surface area contributed by atoms with Gasteiger partial charge in [0, 0.05) is 25.6 Å². The van der Waals surface area contributed by atoms with Crippen molar-refractivity contribution >= 4 is 0 Å². The van der Waals surface area contributed by atoms with Crippen LogP contribution < -0.4 is 5.32 Å². The minimum atomic E-state index is -0.818. The molecule has 0 radical (unpaired) electrons. The van der Waals surface area contributed by atoms with Crippen LogP contribution in [-0.2, 0) is 4.74 Å². The number of rotatable bonds is 4. The lowest BCUT2D eigenvalue weighted by Gasteiger charge is -2.28. The van der Waals surface area contributed by atoms with Crippen LogP contribution in [0, 0.1) is 5.82 Å². The Morgan fingerprint density at radius 2 is 2.39 bits per heavy atom. The number of ether oxygens (including phenoxy) is 1. The second-order valence-electron chi connectivity index (χ2n) is 5.02. The summed E-state index contributed by atoms with van der Waals surface area (Å²) in [7, 11) is 0. The van der Waals surface area contributed by atoms with E-state index in [1.165, 1.54) is 12.1 Å². The van der Waals surface area contributed by atoms with Gasteiger partial charge in [0.15, 0.2) is 0 Å². The Morgan fingerprint density at radius 3 is 3.00 bits per heavy atom. The molecule has 1 aromatic rings. The predicted molar refractivity (Wildman–Crippen MR) is 67.8 cm³/mol. The lowest BCUT2D eigenvalue weighted by atomic mass is 9.96. The number of nitrogens with one attached hydrogen (secondary N) is 1. The van der Waals surface area contributed by atoms with Crippen LogP contribution in [0.25, 0.3) is 0 Å². The van der Waals surface area contributed by atoms with Crippen LogP contribution in [0.15, 0.2) is 24.3 Å². The van der Waals surface area contributed by atoms with Crippen molar-refractivity contribution in [2.45, 2.75) is 38.0 Å². The molecule has 2 rings (SSSR count). The van der Waals surface area contributed by atoms with Gasteiger partial charge in [-0.2, -0.15) is 0 Å². The monoisotopic (exact) mass is 253 g/mol. The normalized spacial score (nSPS) is 29.4. The summed E-state index contributed by atoms with van der Waals surface area (Å²) in [6, 6.07) is 6.50. The topological polar surface area (TPSA) is 41.5 Å². The molecule has 1 heterocycles. The highest BCUT2D eigenvalue weighted by atomic mass is 19.1. The van der Waals surface area contributed by atoms with E-state index in [0.717, 1.165) is 5.56 Å². The maximum Gasteiger partial charge on any atom is 0.123 e. The molecule has 2 N–H and O–H groups in total. The Balaban J connectivity index is 1.94. The van der Waals surface area contributed by atoms with Crippen LogP contribution in [0.2, 0.25) is 0 Å². The third-order valence-corrected chi connectivity index (χ3v) is 3.72. The van der Waals surface area contributed by atoms with Gasteiger partial charge in [0.05, 0.1) is 6.10 Å². The summed E-state index contributed by atoms with van der Waals surface area (Å²) >= 11 is 0. The highest BCUT2D eigenvalue weighted by Gasteiger charge is 2.39. The summed E-state index contributed by atoms with van der Waals surface area (Å²) in [5.74, 6) is -0.238. The Kier molecular flexibility index (Phi) is 4.00. The van der Waals surface area contributed by atoms with Crippen molar-refractivity contribution in [1.82, 2.24) is 5.32 Å². The van der Waals surface area contributed by atoms with E-state index in [2.05, 4.69) is 5.32 Å². The van der Waals surface area contributed by atoms with Gasteiger partial charge in [-0.25, -0.2) is 4.39 Å². The molecule has 18 heavy (non-hydrogen) atoms. The molecule has 100 valence electrons. The maximum absolute atomic E-state index is 13.1. The summed E-state index contributed by atoms with van der Waals surface area (Å²) in [6.45, 7) is 4.87. The van der Waals surface area contributed by atoms with Crippen molar-refractivity contribution in [1.29, 1.82) is 0 Å². The van der Waals surface area contributed by atoms with Crippen molar-refractivity contribution in [3.63, 3.8) is 0 Å². The number of hydrogen-bond donors (Lipinski definition) is 2. The van der Waals surface area contributed by atoms with E-state index in [4.69, 9.17) is 4.74 Å². The predicted octanol–water partition coefficient (Wildman–Crippen LogP) is 2.02. The van der Waals surface area contributed by atoms with Gasteiger partial charge in [0.1, 0.15) is 11.4 Å². The van der Waals surface area contributed by atoms with Gasteiger partial charge in [-0.1, -0.05) is 12.1 Å². The zero-order chi connectivity index (χ0) is 13.2. The molecule has 0 saturated carbocycles. The van der Waals surface area contributed by atoms with E-state index in [-0.39, 0.29) is 18.0 Å². The Morgan fingerprint density at radius 1 is 1.61 bits per heavy atom. The van der Waals surface area contributed by atoms with Gasteiger partial charge < -0.3 is 15.2 Å². The Labute approximate surface area is 107 Å². The van der Waals surface area contributed by atoms with Crippen molar-refractivity contribution in [2.24, 2.45) is 0 Å². The molecule has 4 heteroatoms. The molecular formula is C14H20FNO2. The van der Waals surface area contributed by atoms with E-state index in [1.807, 2.05) is 19.9 Å². The van der Waals surface area contributed by atoms with E-state index in [9.17, 15) is 9.50 Å². The van der Waals surface area contributed by atoms with E-state index < -0.39 is 5.60 Å². The lowest BCUT2D eigenvalue weighted by molar-refractivity contribution is -0.0274. The largest absolute Gasteiger partial charge is 0.386 e. The molecule has 0 bridgehead atoms. The number of benzene rings is 1. The third-order valence-electron chi connectivity index (χ3n) is 3.72. The zero-order valence-corrected chi connectivity index (χ0v) is 10.8. The van der Waals surface area contributed by atoms with Crippen molar-refractivity contribution in [2.75, 3.05) is 13.2 Å². The quantitative estimate of drug-likeness (QED) is 0.862. The average molecular weight is 253 g/mol. The molecule has 0 aromatic heterocycles. The minimum Gasteiger partial charge on any atom is -0.386 e. The first-order valence-electron chi connectivity index (χ1n) is 6.34. The molecular weight excluding hydrogens is 233 g/mol. The zero-order valence-electron chi connectivity index (χ0n) is 10.8. The summed E-state index contributed by atoms with van der Waals surface area (Å²) in [5, 5.41) is 13.6. The van der Waals surface area contributed by atoms with Gasteiger partial charge in [0.2, 0.25) is 0 Å². The molecule has 3 nitrogen and oxygen atoms in total. The second-order valence-corrected chi connectivity index (χ2v) is 5.02. The van der Waals surface area contributed by atoms with Crippen LogP contribution in [-0.4, -0.2) is 30.0 Å². The van der Waals surface area contributed by atoms with Gasteiger partial charge in [-0.3, -0.25) is 0 Å². The minimum absolute atomic E-state index is 0.00229. The number of hydrogen-bond acceptors (Lipinski definition) is 3. The van der Waals surface area contributed by atoms with Crippen molar-refractivity contribution in [3.05, 3.63) is 35.6 Å². The van der Waals surface area contributed by atoms with Crippen LogP contribution in [0.5, 0.6) is 0 Å². The summed E-state index contributed by atoms with van der Waals surface area (Å²) in [4.78, 5) is 0. The van der Waals surface area contributed by atoms with Gasteiger partial charge in [-0.15, -0.1) is 0 Å². The molecule has 0 aliphatic carbocycles. The van der Waals surface area contributed by atoms with Crippen LogP contribution in [0.3, 0.4) is 0 Å². The van der Waals surface area contributed by atoms with Crippen LogP contribution >= 0.6 is 0 Å². The smallest absolute Gasteiger partial charge is 0.123 e. The first kappa shape index (κ1) is 13.5. The third kappa shape index (κ3) is 2.88. The lowest BCUT2D eigenvalue weighted by Crippen LogP contribution is -2.46. The summed E-state index contributed by atoms with van der Waals surface area (Å²) in [5.41, 5.74) is 0.0619. The molecule has 1 aromatic carbocycles. The van der Waals surface area contributed by atoms with E-state index >= 15 is 0 Å². The molecule has 3 atom stereocenters. The van der Waals surface area contributed by atoms with Gasteiger partial charge in [-0.05, 0) is 31.5 Å². The van der Waals surface area contributed by atoms with Crippen LogP contribution in [0.1, 0.15) is 31.9 Å². The van der Waals surface area contributed by atoms with Gasteiger partial charge in [0.25, 0.3) is 0 Å². The highest BCUT2D eigenvalue weighted by molar-refractivity contribution is 5.19. The fraction of sp³-hybridized carbons (Fsp3) is 0.571. The summed E-state index contributed by atoms with van der Waals surface area (Å²) in [6.07, 6.45) is 0.474. The van der Waals surface area contributed by atoms with Gasteiger partial charge >= 0.3 is 0 Å². The Hall–Kier alpha value is -0.970. The molecule has 0 spiro atoms. The first-order chi connectivity index (χ1) is 8.51. The highest BCUT2D eigenvalue weighted by Crippen LogP contribution is 2.25. The van der Waals surface area contributed by atoms with Crippen molar-refractivity contribution in [3.8, 4) is 0 Å². The average Bonchev–Trinajstić information content (AvgIpc) is 2.67. The first-order valence-corrected chi connectivity index (χ1v) is 6.34. The van der Waals surface area contributed by atoms with E-state index in [1.54, 1.807) is 6.07 Å². The number of aliphatic hydroxyl groups is 1. The molecule has 1 aliphatic heterocycles. The summed E-state index contributed by atoms with van der Waals surface area (Å²) < 4.78 is 18.5. The fourth-order valence-corrected chi connectivity index (χ4v) is 2.23. The number of halogens is 1. The maximum atomic E-state index is 13.1. The molecule has 1 aliphatic rings. The van der Waals surface area contributed by atoms with E-state index in [0.29, 0.717) is 19.6 Å². The molecule has 1 fully saturated rings. The van der Waals surface area contributed by atoms with Crippen LogP contribution in [0.4, 0.5) is 4.39 Å². The molecule has 0 amide bonds. The fourth-order valence-electron chi connectivity index (χ4n) is 2.23. The molecule has 1 saturated heterocycles. The molecule has 3 unspecified atom stereocenters.